The van der Waals surface area contributed by atoms with Crippen molar-refractivity contribution in [1.29, 1.82) is 0 Å². The number of carboxylic acid groups (broad SMARTS) is 1. The van der Waals surface area contributed by atoms with E-state index in [0.717, 1.165) is 12.8 Å². The first-order valence-electron chi connectivity index (χ1n) is 5.01. The Morgan fingerprint density at radius 1 is 1.43 bits per heavy atom. The van der Waals surface area contributed by atoms with Crippen molar-refractivity contribution in [2.24, 2.45) is 11.8 Å². The molecular formula is C10H20ClNO2. The maximum Gasteiger partial charge on any atom is 0.308 e. The summed E-state index contributed by atoms with van der Waals surface area (Å²) >= 11 is 0. The highest BCUT2D eigenvalue weighted by molar-refractivity contribution is 5.85. The molecule has 0 aromatic carbocycles. The van der Waals surface area contributed by atoms with E-state index >= 15 is 0 Å². The fourth-order valence-electron chi connectivity index (χ4n) is 2.07. The van der Waals surface area contributed by atoms with Crippen molar-refractivity contribution in [2.75, 3.05) is 0 Å². The second kappa shape index (κ2) is 5.56. The predicted molar refractivity (Wildman–Crippen MR) is 58.8 cm³/mol. The predicted octanol–water partition coefficient (Wildman–Crippen LogP) is 1.91. The molecule has 0 saturated carbocycles. The first kappa shape index (κ1) is 13.7. The second-order valence-electron chi connectivity index (χ2n) is 4.36. The van der Waals surface area contributed by atoms with Gasteiger partial charge in [-0.1, -0.05) is 13.8 Å². The van der Waals surface area contributed by atoms with Gasteiger partial charge in [0.25, 0.3) is 0 Å². The normalized spacial score (nSPS) is 32.4. The Balaban J connectivity index is 0.00000169. The van der Waals surface area contributed by atoms with Crippen molar-refractivity contribution in [1.82, 2.24) is 5.32 Å². The number of piperidine rings is 1. The number of halogens is 1. The van der Waals surface area contributed by atoms with Crippen molar-refractivity contribution in [3.8, 4) is 0 Å². The minimum absolute atomic E-state index is 0. The molecule has 0 aromatic rings. The molecule has 0 amide bonds. The van der Waals surface area contributed by atoms with E-state index in [1.165, 1.54) is 0 Å². The number of nitrogens with one attached hydrogen (secondary N) is 1. The van der Waals surface area contributed by atoms with Gasteiger partial charge in [-0.2, -0.15) is 0 Å². The molecule has 1 rings (SSSR count). The molecule has 0 spiro atoms. The van der Waals surface area contributed by atoms with E-state index in [1.54, 1.807) is 0 Å². The van der Waals surface area contributed by atoms with Gasteiger partial charge in [0.2, 0.25) is 0 Å². The van der Waals surface area contributed by atoms with Crippen LogP contribution in [0.4, 0.5) is 0 Å². The summed E-state index contributed by atoms with van der Waals surface area (Å²) in [6.45, 7) is 6.27. The number of rotatable bonds is 2. The zero-order valence-electron chi connectivity index (χ0n) is 8.99. The van der Waals surface area contributed by atoms with E-state index in [2.05, 4.69) is 26.1 Å². The van der Waals surface area contributed by atoms with Crippen LogP contribution in [0.3, 0.4) is 0 Å². The lowest BCUT2D eigenvalue weighted by atomic mass is 9.82. The SMILES string of the molecule is CC1CCC(C(=O)O)C(C(C)C)N1.Cl. The van der Waals surface area contributed by atoms with Crippen LogP contribution in [0.25, 0.3) is 0 Å². The van der Waals surface area contributed by atoms with Crippen molar-refractivity contribution >= 4 is 18.4 Å². The molecule has 2 N–H and O–H groups in total. The minimum atomic E-state index is -0.655. The second-order valence-corrected chi connectivity index (χ2v) is 4.36. The Hall–Kier alpha value is -0.280. The van der Waals surface area contributed by atoms with E-state index < -0.39 is 5.97 Å². The Bertz CT molecular complexity index is 197. The van der Waals surface area contributed by atoms with Gasteiger partial charge in [-0.15, -0.1) is 12.4 Å². The fraction of sp³-hybridized carbons (Fsp3) is 0.900. The molecule has 1 saturated heterocycles. The van der Waals surface area contributed by atoms with Crippen LogP contribution in [0.2, 0.25) is 0 Å². The van der Waals surface area contributed by atoms with E-state index in [1.807, 2.05) is 0 Å². The van der Waals surface area contributed by atoms with Crippen molar-refractivity contribution in [2.45, 2.75) is 45.7 Å². The van der Waals surface area contributed by atoms with Crippen LogP contribution in [-0.4, -0.2) is 23.2 Å². The molecule has 1 aliphatic rings. The van der Waals surface area contributed by atoms with E-state index in [0.29, 0.717) is 12.0 Å². The molecule has 1 heterocycles. The first-order valence-corrected chi connectivity index (χ1v) is 5.01. The Morgan fingerprint density at radius 3 is 2.43 bits per heavy atom. The molecule has 0 aromatic heterocycles. The molecule has 3 nitrogen and oxygen atoms in total. The lowest BCUT2D eigenvalue weighted by Crippen LogP contribution is -2.51. The molecule has 0 radical (unpaired) electrons. The third-order valence-corrected chi connectivity index (χ3v) is 2.86. The van der Waals surface area contributed by atoms with Crippen molar-refractivity contribution in [3.05, 3.63) is 0 Å². The third kappa shape index (κ3) is 3.14. The molecule has 0 bridgehead atoms. The average Bonchev–Trinajstić information content (AvgIpc) is 2.03. The maximum absolute atomic E-state index is 10.9. The average molecular weight is 222 g/mol. The van der Waals surface area contributed by atoms with Crippen LogP contribution in [0.15, 0.2) is 0 Å². The highest BCUT2D eigenvalue weighted by atomic mass is 35.5. The number of carbonyl (C=O) groups is 1. The maximum atomic E-state index is 10.9. The van der Waals surface area contributed by atoms with E-state index in [-0.39, 0.29) is 24.4 Å². The monoisotopic (exact) mass is 221 g/mol. The lowest BCUT2D eigenvalue weighted by molar-refractivity contribution is -0.144. The summed E-state index contributed by atoms with van der Waals surface area (Å²) in [6.07, 6.45) is 1.78. The largest absolute Gasteiger partial charge is 0.481 e. The third-order valence-electron chi connectivity index (χ3n) is 2.86. The van der Waals surface area contributed by atoms with Crippen molar-refractivity contribution < 1.29 is 9.90 Å². The highest BCUT2D eigenvalue weighted by Gasteiger charge is 2.34. The lowest BCUT2D eigenvalue weighted by Gasteiger charge is -2.36. The van der Waals surface area contributed by atoms with Gasteiger partial charge in [0.05, 0.1) is 5.92 Å². The summed E-state index contributed by atoms with van der Waals surface area (Å²) < 4.78 is 0. The van der Waals surface area contributed by atoms with Gasteiger partial charge in [0.15, 0.2) is 0 Å². The summed E-state index contributed by atoms with van der Waals surface area (Å²) in [7, 11) is 0. The van der Waals surface area contributed by atoms with Gasteiger partial charge in [0.1, 0.15) is 0 Å². The van der Waals surface area contributed by atoms with Crippen molar-refractivity contribution in [3.63, 3.8) is 0 Å². The molecule has 0 aliphatic carbocycles. The van der Waals surface area contributed by atoms with Gasteiger partial charge >= 0.3 is 5.97 Å². The number of hydrogen-bond donors (Lipinski definition) is 2. The molecule has 4 heteroatoms. The molecule has 3 unspecified atom stereocenters. The molecule has 1 aliphatic heterocycles. The summed E-state index contributed by atoms with van der Waals surface area (Å²) in [5, 5.41) is 12.4. The first-order chi connectivity index (χ1) is 6.02. The van der Waals surface area contributed by atoms with E-state index in [4.69, 9.17) is 5.11 Å². The standard InChI is InChI=1S/C10H19NO2.ClH/c1-6(2)9-8(10(12)13)5-4-7(3)11-9;/h6-9,11H,4-5H2,1-3H3,(H,12,13);1H. The topological polar surface area (TPSA) is 49.3 Å². The van der Waals surface area contributed by atoms with Crippen LogP contribution in [0.5, 0.6) is 0 Å². The molecule has 1 fully saturated rings. The van der Waals surface area contributed by atoms with Crippen LogP contribution in [0, 0.1) is 11.8 Å². The van der Waals surface area contributed by atoms with Crippen LogP contribution >= 0.6 is 12.4 Å². The van der Waals surface area contributed by atoms with Gasteiger partial charge < -0.3 is 10.4 Å². The summed E-state index contributed by atoms with van der Waals surface area (Å²) in [5.41, 5.74) is 0. The Kier molecular flexibility index (Phi) is 5.45. The smallest absolute Gasteiger partial charge is 0.308 e. The fourth-order valence-corrected chi connectivity index (χ4v) is 2.07. The zero-order valence-corrected chi connectivity index (χ0v) is 9.80. The van der Waals surface area contributed by atoms with Gasteiger partial charge in [-0.3, -0.25) is 4.79 Å². The van der Waals surface area contributed by atoms with Gasteiger partial charge in [-0.25, -0.2) is 0 Å². The number of carboxylic acids is 1. The summed E-state index contributed by atoms with van der Waals surface area (Å²) in [6, 6.07) is 0.601. The highest BCUT2D eigenvalue weighted by Crippen LogP contribution is 2.24. The molecule has 14 heavy (non-hydrogen) atoms. The molecular weight excluding hydrogens is 202 g/mol. The van der Waals surface area contributed by atoms with Gasteiger partial charge in [-0.05, 0) is 25.7 Å². The number of hydrogen-bond acceptors (Lipinski definition) is 2. The summed E-state index contributed by atoms with van der Waals surface area (Å²) in [4.78, 5) is 10.9. The Morgan fingerprint density at radius 2 is 2.00 bits per heavy atom. The van der Waals surface area contributed by atoms with Crippen LogP contribution in [0.1, 0.15) is 33.6 Å². The quantitative estimate of drug-likeness (QED) is 0.749. The summed E-state index contributed by atoms with van der Waals surface area (Å²) in [5.74, 6) is -0.460. The molecule has 84 valence electrons. The van der Waals surface area contributed by atoms with Gasteiger partial charge in [0, 0.05) is 12.1 Å². The van der Waals surface area contributed by atoms with Crippen LogP contribution in [-0.2, 0) is 4.79 Å². The van der Waals surface area contributed by atoms with E-state index in [9.17, 15) is 4.79 Å². The minimum Gasteiger partial charge on any atom is -0.481 e. The number of aliphatic carboxylic acids is 1. The zero-order chi connectivity index (χ0) is 10.0. The Labute approximate surface area is 91.7 Å². The molecule has 3 atom stereocenters. The van der Waals surface area contributed by atoms with Crippen LogP contribution < -0.4 is 5.32 Å².